The highest BCUT2D eigenvalue weighted by atomic mass is 16.5. The lowest BCUT2D eigenvalue weighted by atomic mass is 10.0. The number of nitrogens with zero attached hydrogens (tertiary/aromatic N) is 3. The van der Waals surface area contributed by atoms with Crippen molar-refractivity contribution < 1.29 is 4.74 Å². The lowest BCUT2D eigenvalue weighted by molar-refractivity contribution is 0.223. The van der Waals surface area contributed by atoms with E-state index in [-0.39, 0.29) is 0 Å². The van der Waals surface area contributed by atoms with Crippen LogP contribution in [0.25, 0.3) is 0 Å². The predicted molar refractivity (Wildman–Crippen MR) is 105 cm³/mol. The minimum atomic E-state index is 0.796. The van der Waals surface area contributed by atoms with E-state index in [1.54, 1.807) is 0 Å². The average Bonchev–Trinajstić information content (AvgIpc) is 2.72. The van der Waals surface area contributed by atoms with Crippen molar-refractivity contribution in [2.24, 2.45) is 0 Å². The molecule has 5 heteroatoms. The Morgan fingerprint density at radius 3 is 2.81 bits per heavy atom. The Morgan fingerprint density at radius 2 is 1.96 bits per heavy atom. The minimum Gasteiger partial charge on any atom is -0.493 e. The van der Waals surface area contributed by atoms with Crippen molar-refractivity contribution in [3.05, 3.63) is 53.7 Å². The molecular weight excluding hydrogens is 324 g/mol. The Bertz CT molecular complexity index is 698. The summed E-state index contributed by atoms with van der Waals surface area (Å²) in [5, 5.41) is 3.42. The van der Waals surface area contributed by atoms with Crippen LogP contribution >= 0.6 is 0 Å². The molecule has 0 saturated carbocycles. The number of benzene rings is 1. The number of ether oxygens (including phenoxy) is 1. The summed E-state index contributed by atoms with van der Waals surface area (Å²) >= 11 is 0. The van der Waals surface area contributed by atoms with Gasteiger partial charge in [-0.25, -0.2) is 4.98 Å². The molecule has 4 rings (SSSR count). The predicted octanol–water partition coefficient (Wildman–Crippen LogP) is 2.32. The Labute approximate surface area is 156 Å². The summed E-state index contributed by atoms with van der Waals surface area (Å²) in [5.41, 5.74) is 2.79. The Hall–Kier alpha value is -2.11. The van der Waals surface area contributed by atoms with Crippen LogP contribution in [0.2, 0.25) is 0 Å². The van der Waals surface area contributed by atoms with Crippen molar-refractivity contribution in [3.8, 4) is 5.75 Å². The molecule has 2 aliphatic heterocycles. The maximum Gasteiger partial charge on any atom is 0.128 e. The van der Waals surface area contributed by atoms with Gasteiger partial charge in [0.15, 0.2) is 0 Å². The number of anilines is 1. The van der Waals surface area contributed by atoms with E-state index >= 15 is 0 Å². The van der Waals surface area contributed by atoms with E-state index in [1.165, 1.54) is 11.1 Å². The smallest absolute Gasteiger partial charge is 0.128 e. The van der Waals surface area contributed by atoms with Crippen LogP contribution in [0.15, 0.2) is 42.6 Å². The van der Waals surface area contributed by atoms with Crippen molar-refractivity contribution in [2.45, 2.75) is 19.4 Å². The molecule has 138 valence electrons. The molecular formula is C21H28N4O. The fraction of sp³-hybridized carbons (Fsp3) is 0.476. The van der Waals surface area contributed by atoms with Gasteiger partial charge in [0, 0.05) is 45.5 Å². The third-order valence-electron chi connectivity index (χ3n) is 5.32. The molecule has 1 saturated heterocycles. The SMILES string of the molecule is c1ccc(N2CCN(CCCOc3cccc4c3CCNC4)CC2)nc1. The molecule has 0 aliphatic carbocycles. The second-order valence-electron chi connectivity index (χ2n) is 7.04. The van der Waals surface area contributed by atoms with Gasteiger partial charge in [-0.2, -0.15) is 0 Å². The van der Waals surface area contributed by atoms with E-state index < -0.39 is 0 Å². The van der Waals surface area contributed by atoms with Gasteiger partial charge in [-0.05, 0) is 48.7 Å². The number of fused-ring (bicyclic) bond motifs is 1. The van der Waals surface area contributed by atoms with Crippen LogP contribution in [0.5, 0.6) is 5.75 Å². The van der Waals surface area contributed by atoms with Gasteiger partial charge in [0.05, 0.1) is 6.61 Å². The van der Waals surface area contributed by atoms with Crippen LogP contribution < -0.4 is 15.0 Å². The lowest BCUT2D eigenvalue weighted by Crippen LogP contribution is -2.47. The van der Waals surface area contributed by atoms with Crippen LogP contribution in [0.1, 0.15) is 17.5 Å². The number of hydrogen-bond donors (Lipinski definition) is 1. The number of hydrogen-bond acceptors (Lipinski definition) is 5. The highest BCUT2D eigenvalue weighted by Crippen LogP contribution is 2.25. The first-order chi connectivity index (χ1) is 12.9. The normalized spacial score (nSPS) is 17.8. The molecule has 2 aromatic rings. The van der Waals surface area contributed by atoms with E-state index in [9.17, 15) is 0 Å². The van der Waals surface area contributed by atoms with Crippen LogP contribution in [0, 0.1) is 0 Å². The maximum absolute atomic E-state index is 6.11. The van der Waals surface area contributed by atoms with E-state index in [0.717, 1.165) is 76.8 Å². The van der Waals surface area contributed by atoms with Gasteiger partial charge in [0.1, 0.15) is 11.6 Å². The van der Waals surface area contributed by atoms with Gasteiger partial charge in [-0.1, -0.05) is 18.2 Å². The molecule has 5 nitrogen and oxygen atoms in total. The summed E-state index contributed by atoms with van der Waals surface area (Å²) in [6, 6.07) is 12.6. The number of nitrogens with one attached hydrogen (secondary N) is 1. The van der Waals surface area contributed by atoms with E-state index in [1.807, 2.05) is 12.3 Å². The molecule has 0 bridgehead atoms. The lowest BCUT2D eigenvalue weighted by Gasteiger charge is -2.35. The monoisotopic (exact) mass is 352 g/mol. The molecule has 0 unspecified atom stereocenters. The summed E-state index contributed by atoms with van der Waals surface area (Å²) in [6.07, 6.45) is 4.02. The molecule has 2 aliphatic rings. The molecule has 1 fully saturated rings. The summed E-state index contributed by atoms with van der Waals surface area (Å²) in [6.45, 7) is 8.22. The Balaban J connectivity index is 1.19. The van der Waals surface area contributed by atoms with Crippen molar-refractivity contribution >= 4 is 5.82 Å². The van der Waals surface area contributed by atoms with Gasteiger partial charge < -0.3 is 15.0 Å². The Morgan fingerprint density at radius 1 is 1.04 bits per heavy atom. The van der Waals surface area contributed by atoms with Gasteiger partial charge in [0.25, 0.3) is 0 Å². The number of rotatable bonds is 6. The van der Waals surface area contributed by atoms with Crippen molar-refractivity contribution in [1.82, 2.24) is 15.2 Å². The van der Waals surface area contributed by atoms with Crippen LogP contribution in [0.4, 0.5) is 5.82 Å². The molecule has 3 heterocycles. The molecule has 0 atom stereocenters. The maximum atomic E-state index is 6.11. The summed E-state index contributed by atoms with van der Waals surface area (Å²) in [7, 11) is 0. The van der Waals surface area contributed by atoms with Crippen molar-refractivity contribution in [2.75, 3.05) is 50.8 Å². The van der Waals surface area contributed by atoms with E-state index in [0.29, 0.717) is 0 Å². The van der Waals surface area contributed by atoms with Crippen LogP contribution in [0.3, 0.4) is 0 Å². The van der Waals surface area contributed by atoms with Crippen LogP contribution in [-0.4, -0.2) is 55.8 Å². The summed E-state index contributed by atoms with van der Waals surface area (Å²) in [5.74, 6) is 2.18. The minimum absolute atomic E-state index is 0.796. The van der Waals surface area contributed by atoms with Gasteiger partial charge in [0.2, 0.25) is 0 Å². The van der Waals surface area contributed by atoms with E-state index in [2.05, 4.69) is 50.4 Å². The molecule has 0 spiro atoms. The zero-order valence-electron chi connectivity index (χ0n) is 15.4. The highest BCUT2D eigenvalue weighted by Gasteiger charge is 2.17. The molecule has 1 aromatic carbocycles. The number of aromatic nitrogens is 1. The molecule has 1 N–H and O–H groups in total. The van der Waals surface area contributed by atoms with Crippen molar-refractivity contribution in [1.29, 1.82) is 0 Å². The van der Waals surface area contributed by atoms with Gasteiger partial charge >= 0.3 is 0 Å². The summed E-state index contributed by atoms with van der Waals surface area (Å²) < 4.78 is 6.11. The molecule has 0 amide bonds. The van der Waals surface area contributed by atoms with Crippen molar-refractivity contribution in [3.63, 3.8) is 0 Å². The third kappa shape index (κ3) is 4.17. The number of pyridine rings is 1. The Kier molecular flexibility index (Phi) is 5.67. The zero-order chi connectivity index (χ0) is 17.6. The fourth-order valence-corrected chi connectivity index (χ4v) is 3.84. The topological polar surface area (TPSA) is 40.6 Å². The van der Waals surface area contributed by atoms with E-state index in [4.69, 9.17) is 4.74 Å². The molecule has 26 heavy (non-hydrogen) atoms. The fourth-order valence-electron chi connectivity index (χ4n) is 3.84. The molecule has 0 radical (unpaired) electrons. The average molecular weight is 352 g/mol. The van der Waals surface area contributed by atoms with Gasteiger partial charge in [-0.3, -0.25) is 4.90 Å². The van der Waals surface area contributed by atoms with Gasteiger partial charge in [-0.15, -0.1) is 0 Å². The first-order valence-electron chi connectivity index (χ1n) is 9.73. The van der Waals surface area contributed by atoms with Crippen LogP contribution in [-0.2, 0) is 13.0 Å². The second kappa shape index (κ2) is 8.52. The standard InChI is InChI=1S/C21H28N4O/c1-2-9-23-21(7-1)25-14-12-24(13-15-25)11-4-16-26-20-6-3-5-18-17-22-10-8-19(18)20/h1-3,5-7,9,22H,4,8,10-17H2. The quantitative estimate of drug-likeness (QED) is 0.808. The third-order valence-corrected chi connectivity index (χ3v) is 5.32. The summed E-state index contributed by atoms with van der Waals surface area (Å²) in [4.78, 5) is 9.36. The number of piperazine rings is 1. The first-order valence-corrected chi connectivity index (χ1v) is 9.73. The zero-order valence-corrected chi connectivity index (χ0v) is 15.4. The molecule has 1 aromatic heterocycles. The second-order valence-corrected chi connectivity index (χ2v) is 7.04. The first kappa shape index (κ1) is 17.3. The largest absolute Gasteiger partial charge is 0.493 e. The highest BCUT2D eigenvalue weighted by molar-refractivity contribution is 5.41.